The Bertz CT molecular complexity index is 1330. The summed E-state index contributed by atoms with van der Waals surface area (Å²) in [6, 6.07) is 11.3. The number of aryl methyl sites for hydroxylation is 1. The van der Waals surface area contributed by atoms with E-state index in [9.17, 15) is 13.6 Å². The van der Waals surface area contributed by atoms with Crippen LogP contribution in [0, 0.1) is 24.5 Å². The zero-order valence-corrected chi connectivity index (χ0v) is 20.8. The maximum atomic E-state index is 13.9. The number of carbonyl (C=O) groups excluding carboxylic acids is 1. The molecule has 1 aromatic heterocycles. The summed E-state index contributed by atoms with van der Waals surface area (Å²) in [6.07, 6.45) is 6.97. The van der Waals surface area contributed by atoms with E-state index in [2.05, 4.69) is 28.0 Å². The van der Waals surface area contributed by atoms with Crippen molar-refractivity contribution in [2.45, 2.75) is 13.8 Å². The molecular weight excluding hydrogens is 474 g/mol. The summed E-state index contributed by atoms with van der Waals surface area (Å²) < 4.78 is 27.6. The lowest BCUT2D eigenvalue weighted by molar-refractivity contribution is -0.131. The van der Waals surface area contributed by atoms with E-state index in [0.29, 0.717) is 37.7 Å². The normalized spacial score (nSPS) is 17.9. The molecule has 3 aromatic rings. The van der Waals surface area contributed by atoms with Crippen molar-refractivity contribution in [3.8, 4) is 0 Å². The molecule has 0 spiro atoms. The Kier molecular flexibility index (Phi) is 6.94. The van der Waals surface area contributed by atoms with Crippen LogP contribution in [-0.4, -0.2) is 63.4 Å². The standard InChI is InChI=1S/C28H28F2N6O/c1-19-14-26(21-3-6-23(29)7-4-21)36(15-24(19)22-5-8-25(30)20(2)13-22)16-27(37)34-9-11-35(12-10-34)28-32-17-31-18-33-28/h3-8,13-15,17-19H,9-12,16H2,1-2H3. The zero-order valence-electron chi connectivity index (χ0n) is 20.8. The number of allylic oxidation sites excluding steroid dienone is 2. The van der Waals surface area contributed by atoms with Crippen LogP contribution in [0.3, 0.4) is 0 Å². The van der Waals surface area contributed by atoms with Crippen molar-refractivity contribution in [2.24, 2.45) is 5.92 Å². The van der Waals surface area contributed by atoms with Crippen LogP contribution in [0.1, 0.15) is 23.6 Å². The van der Waals surface area contributed by atoms with Gasteiger partial charge in [0.05, 0.1) is 0 Å². The summed E-state index contributed by atoms with van der Waals surface area (Å²) in [5.41, 5.74) is 4.13. The highest BCUT2D eigenvalue weighted by Crippen LogP contribution is 2.35. The van der Waals surface area contributed by atoms with Gasteiger partial charge in [0.25, 0.3) is 0 Å². The topological polar surface area (TPSA) is 65.5 Å². The van der Waals surface area contributed by atoms with Gasteiger partial charge in [0.1, 0.15) is 30.8 Å². The molecule has 2 aliphatic rings. The second-order valence-corrected chi connectivity index (χ2v) is 9.33. The van der Waals surface area contributed by atoms with Crippen LogP contribution in [0.25, 0.3) is 11.3 Å². The Morgan fingerprint density at radius 3 is 2.32 bits per heavy atom. The minimum atomic E-state index is -0.315. The molecule has 7 nitrogen and oxygen atoms in total. The number of hydrogen-bond donors (Lipinski definition) is 0. The third-order valence-electron chi connectivity index (χ3n) is 6.83. The molecule has 9 heteroatoms. The average Bonchev–Trinajstić information content (AvgIpc) is 2.92. The number of carbonyl (C=O) groups is 1. The number of piperazine rings is 1. The van der Waals surface area contributed by atoms with Crippen LogP contribution in [0.4, 0.5) is 14.7 Å². The largest absolute Gasteiger partial charge is 0.338 e. The molecule has 0 N–H and O–H groups in total. The molecule has 0 aliphatic carbocycles. The molecule has 190 valence electrons. The SMILES string of the molecule is Cc1cc(C2=CN(CC(=O)N3CCN(c4ncncn4)CC3)C(c3ccc(F)cc3)=CC2C)ccc1F. The smallest absolute Gasteiger partial charge is 0.242 e. The van der Waals surface area contributed by atoms with Crippen molar-refractivity contribution in [1.82, 2.24) is 24.8 Å². The molecule has 2 aliphatic heterocycles. The zero-order chi connectivity index (χ0) is 25.9. The van der Waals surface area contributed by atoms with Gasteiger partial charge in [0.15, 0.2) is 0 Å². The predicted molar refractivity (Wildman–Crippen MR) is 138 cm³/mol. The first-order valence-corrected chi connectivity index (χ1v) is 12.3. The molecule has 0 radical (unpaired) electrons. The molecule has 37 heavy (non-hydrogen) atoms. The van der Waals surface area contributed by atoms with Crippen LogP contribution in [0.15, 0.2) is 67.4 Å². The Morgan fingerprint density at radius 2 is 1.65 bits per heavy atom. The van der Waals surface area contributed by atoms with E-state index in [1.807, 2.05) is 27.0 Å². The molecule has 0 saturated carbocycles. The number of amides is 1. The van der Waals surface area contributed by atoms with Crippen molar-refractivity contribution < 1.29 is 13.6 Å². The highest BCUT2D eigenvalue weighted by molar-refractivity contribution is 5.84. The molecule has 1 atom stereocenters. The van der Waals surface area contributed by atoms with Crippen LogP contribution in [-0.2, 0) is 4.79 Å². The number of halogens is 2. The van der Waals surface area contributed by atoms with Gasteiger partial charge in [-0.3, -0.25) is 4.79 Å². The number of rotatable bonds is 5. The highest BCUT2D eigenvalue weighted by atomic mass is 19.1. The summed E-state index contributed by atoms with van der Waals surface area (Å²) >= 11 is 0. The maximum Gasteiger partial charge on any atom is 0.242 e. The van der Waals surface area contributed by atoms with E-state index in [1.165, 1.54) is 30.9 Å². The lowest BCUT2D eigenvalue weighted by Crippen LogP contribution is -2.51. The van der Waals surface area contributed by atoms with Crippen LogP contribution >= 0.6 is 0 Å². The van der Waals surface area contributed by atoms with E-state index in [4.69, 9.17) is 0 Å². The number of hydrogen-bond acceptors (Lipinski definition) is 6. The minimum absolute atomic E-state index is 0.0104. The van der Waals surface area contributed by atoms with Gasteiger partial charge in [-0.15, -0.1) is 0 Å². The summed E-state index contributed by atoms with van der Waals surface area (Å²) in [5.74, 6) is 0.0448. The van der Waals surface area contributed by atoms with Crippen LogP contribution in [0.2, 0.25) is 0 Å². The van der Waals surface area contributed by atoms with Crippen LogP contribution < -0.4 is 4.90 Å². The Morgan fingerprint density at radius 1 is 0.973 bits per heavy atom. The first-order valence-electron chi connectivity index (χ1n) is 12.3. The van der Waals surface area contributed by atoms with Gasteiger partial charge in [-0.25, -0.2) is 23.7 Å². The van der Waals surface area contributed by atoms with E-state index < -0.39 is 0 Å². The third-order valence-corrected chi connectivity index (χ3v) is 6.83. The molecule has 1 saturated heterocycles. The molecule has 1 fully saturated rings. The van der Waals surface area contributed by atoms with Crippen molar-refractivity contribution in [1.29, 1.82) is 0 Å². The van der Waals surface area contributed by atoms with Crippen molar-refractivity contribution in [2.75, 3.05) is 37.6 Å². The lowest BCUT2D eigenvalue weighted by atomic mass is 9.89. The summed E-state index contributed by atoms with van der Waals surface area (Å²) in [6.45, 7) is 6.30. The fraction of sp³-hybridized carbons (Fsp3) is 0.286. The first-order chi connectivity index (χ1) is 17.9. The first kappa shape index (κ1) is 24.5. The Labute approximate surface area is 214 Å². The maximum absolute atomic E-state index is 13.9. The molecule has 1 unspecified atom stereocenters. The van der Waals surface area contributed by atoms with E-state index in [0.717, 1.165) is 22.4 Å². The second-order valence-electron chi connectivity index (χ2n) is 9.33. The van der Waals surface area contributed by atoms with Gasteiger partial charge < -0.3 is 14.7 Å². The van der Waals surface area contributed by atoms with Crippen molar-refractivity contribution in [3.63, 3.8) is 0 Å². The summed E-state index contributed by atoms with van der Waals surface area (Å²) in [7, 11) is 0. The Balaban J connectivity index is 1.38. The summed E-state index contributed by atoms with van der Waals surface area (Å²) in [5, 5.41) is 0. The van der Waals surface area contributed by atoms with Gasteiger partial charge in [0.2, 0.25) is 11.9 Å². The van der Waals surface area contributed by atoms with Crippen LogP contribution in [0.5, 0.6) is 0 Å². The number of aromatic nitrogens is 3. The van der Waals surface area contributed by atoms with Crippen molar-refractivity contribution >= 4 is 23.1 Å². The number of nitrogens with zero attached hydrogens (tertiary/aromatic N) is 6. The predicted octanol–water partition coefficient (Wildman–Crippen LogP) is 4.14. The second kappa shape index (κ2) is 10.5. The Hall–Kier alpha value is -4.14. The average molecular weight is 503 g/mol. The van der Waals surface area contributed by atoms with Crippen molar-refractivity contribution in [3.05, 3.63) is 95.7 Å². The molecule has 1 amide bonds. The monoisotopic (exact) mass is 502 g/mol. The van der Waals surface area contributed by atoms with E-state index in [1.54, 1.807) is 25.1 Å². The lowest BCUT2D eigenvalue weighted by Gasteiger charge is -2.37. The van der Waals surface area contributed by atoms with Gasteiger partial charge >= 0.3 is 0 Å². The molecular formula is C28H28F2N6O. The van der Waals surface area contributed by atoms with Gasteiger partial charge in [0, 0.05) is 44.0 Å². The third kappa shape index (κ3) is 5.35. The van der Waals surface area contributed by atoms with E-state index in [-0.39, 0.29) is 30.0 Å². The number of anilines is 1. The molecule has 3 heterocycles. The number of benzene rings is 2. The van der Waals surface area contributed by atoms with Gasteiger partial charge in [-0.1, -0.05) is 19.1 Å². The van der Waals surface area contributed by atoms with Gasteiger partial charge in [-0.2, -0.15) is 0 Å². The fourth-order valence-corrected chi connectivity index (χ4v) is 4.75. The minimum Gasteiger partial charge on any atom is -0.338 e. The summed E-state index contributed by atoms with van der Waals surface area (Å²) in [4.78, 5) is 31.5. The van der Waals surface area contributed by atoms with Gasteiger partial charge in [-0.05, 0) is 65.6 Å². The highest BCUT2D eigenvalue weighted by Gasteiger charge is 2.27. The molecule has 2 aromatic carbocycles. The quantitative estimate of drug-likeness (QED) is 0.523. The van der Waals surface area contributed by atoms with E-state index >= 15 is 0 Å². The fourth-order valence-electron chi connectivity index (χ4n) is 4.75. The molecule has 0 bridgehead atoms. The molecule has 5 rings (SSSR count).